The van der Waals surface area contributed by atoms with Gasteiger partial charge in [-0.25, -0.2) is 0 Å². The molecule has 1 aromatic rings. The molecule has 2 unspecified atom stereocenters. The number of hydrogen-bond acceptors (Lipinski definition) is 4. The van der Waals surface area contributed by atoms with E-state index >= 15 is 0 Å². The van der Waals surface area contributed by atoms with E-state index in [1.165, 1.54) is 0 Å². The van der Waals surface area contributed by atoms with E-state index in [9.17, 15) is 0 Å². The number of halogens is 1. The summed E-state index contributed by atoms with van der Waals surface area (Å²) in [6.07, 6.45) is 2.92. The molecule has 0 radical (unpaired) electrons. The van der Waals surface area contributed by atoms with Crippen LogP contribution in [0.4, 0.5) is 0 Å². The Labute approximate surface area is 130 Å². The van der Waals surface area contributed by atoms with Gasteiger partial charge in [0.1, 0.15) is 11.9 Å². The maximum atomic E-state index is 6.28. The molecule has 1 N–H and O–H groups in total. The van der Waals surface area contributed by atoms with E-state index in [2.05, 4.69) is 5.32 Å². The summed E-state index contributed by atoms with van der Waals surface area (Å²) in [4.78, 5) is 0. The number of nitrogens with one attached hydrogen (secondary N) is 1. The summed E-state index contributed by atoms with van der Waals surface area (Å²) in [5, 5.41) is 3.89. The van der Waals surface area contributed by atoms with Crippen molar-refractivity contribution >= 4 is 11.6 Å². The minimum atomic E-state index is -0.134. The Kier molecular flexibility index (Phi) is 4.69. The molecule has 21 heavy (non-hydrogen) atoms. The van der Waals surface area contributed by atoms with Crippen molar-refractivity contribution in [1.82, 2.24) is 5.32 Å². The first-order valence-corrected chi connectivity index (χ1v) is 7.91. The summed E-state index contributed by atoms with van der Waals surface area (Å²) in [5.74, 6) is 0.873. The molecule has 0 aliphatic carbocycles. The number of rotatable bonds is 4. The summed E-state index contributed by atoms with van der Waals surface area (Å²) in [6, 6.07) is 5.83. The Hall–Kier alpha value is -0.810. The van der Waals surface area contributed by atoms with Crippen molar-refractivity contribution in [2.75, 3.05) is 26.9 Å². The van der Waals surface area contributed by atoms with Gasteiger partial charge in [0.05, 0.1) is 18.8 Å². The van der Waals surface area contributed by atoms with Gasteiger partial charge in [-0.15, -0.1) is 0 Å². The fraction of sp³-hybridized carbons (Fsp3) is 0.625. The zero-order valence-electron chi connectivity index (χ0n) is 12.4. The molecule has 0 bridgehead atoms. The van der Waals surface area contributed by atoms with Crippen molar-refractivity contribution in [1.29, 1.82) is 0 Å². The molecule has 2 aliphatic rings. The van der Waals surface area contributed by atoms with Crippen LogP contribution >= 0.6 is 11.6 Å². The first kappa shape index (κ1) is 15.1. The molecule has 0 aromatic heterocycles. The van der Waals surface area contributed by atoms with E-state index in [4.69, 9.17) is 25.8 Å². The third kappa shape index (κ3) is 3.34. The zero-order chi connectivity index (χ0) is 14.7. The second kappa shape index (κ2) is 6.53. The van der Waals surface area contributed by atoms with Crippen molar-refractivity contribution in [3.05, 3.63) is 28.8 Å². The van der Waals surface area contributed by atoms with Crippen LogP contribution in [0.1, 0.15) is 24.8 Å². The third-order valence-electron chi connectivity index (χ3n) is 4.24. The molecule has 2 fully saturated rings. The molecule has 3 rings (SSSR count). The summed E-state index contributed by atoms with van der Waals surface area (Å²) in [6.45, 7) is 2.91. The van der Waals surface area contributed by atoms with Crippen molar-refractivity contribution in [2.45, 2.75) is 37.5 Å². The number of benzene rings is 1. The number of hydrogen-bond donors (Lipinski definition) is 1. The van der Waals surface area contributed by atoms with Crippen LogP contribution in [0.5, 0.6) is 5.75 Å². The Morgan fingerprint density at radius 1 is 1.43 bits per heavy atom. The predicted molar refractivity (Wildman–Crippen MR) is 82.0 cm³/mol. The molecule has 4 nitrogen and oxygen atoms in total. The molecule has 5 heteroatoms. The average molecular weight is 312 g/mol. The quantitative estimate of drug-likeness (QED) is 0.928. The fourth-order valence-electron chi connectivity index (χ4n) is 3.12. The van der Waals surface area contributed by atoms with Gasteiger partial charge in [0.25, 0.3) is 0 Å². The molecule has 116 valence electrons. The highest BCUT2D eigenvalue weighted by molar-refractivity contribution is 6.31. The van der Waals surface area contributed by atoms with Gasteiger partial charge in [0, 0.05) is 43.0 Å². The molecule has 0 saturated carbocycles. The van der Waals surface area contributed by atoms with Gasteiger partial charge in [-0.2, -0.15) is 0 Å². The van der Waals surface area contributed by atoms with Gasteiger partial charge >= 0.3 is 0 Å². The van der Waals surface area contributed by atoms with Crippen LogP contribution in [0.2, 0.25) is 5.02 Å². The molecule has 2 atom stereocenters. The summed E-state index contributed by atoms with van der Waals surface area (Å²) in [7, 11) is 1.91. The summed E-state index contributed by atoms with van der Waals surface area (Å²) >= 11 is 6.28. The van der Waals surface area contributed by atoms with Crippen molar-refractivity contribution in [2.24, 2.45) is 0 Å². The van der Waals surface area contributed by atoms with Gasteiger partial charge in [-0.05, 0) is 19.2 Å². The Morgan fingerprint density at radius 3 is 3.10 bits per heavy atom. The predicted octanol–water partition coefficient (Wildman–Crippen LogP) is 2.78. The summed E-state index contributed by atoms with van der Waals surface area (Å²) < 4.78 is 17.7. The molecule has 1 spiro atoms. The second-order valence-electron chi connectivity index (χ2n) is 5.81. The molecular weight excluding hydrogens is 290 g/mol. The maximum absolute atomic E-state index is 6.28. The summed E-state index contributed by atoms with van der Waals surface area (Å²) in [5.41, 5.74) is 0.884. The molecule has 0 amide bonds. The highest BCUT2D eigenvalue weighted by atomic mass is 35.5. The van der Waals surface area contributed by atoms with Crippen LogP contribution in [-0.2, 0) is 16.0 Å². The first-order chi connectivity index (χ1) is 10.2. The number of ether oxygens (including phenoxy) is 3. The van der Waals surface area contributed by atoms with Crippen molar-refractivity contribution in [3.63, 3.8) is 0 Å². The highest BCUT2D eigenvalue weighted by Gasteiger charge is 2.41. The van der Waals surface area contributed by atoms with Gasteiger partial charge in [0.2, 0.25) is 0 Å². The second-order valence-corrected chi connectivity index (χ2v) is 6.22. The van der Waals surface area contributed by atoms with Crippen molar-refractivity contribution in [3.8, 4) is 5.75 Å². The maximum Gasteiger partial charge on any atom is 0.125 e. The standard InChI is InChI=1S/C16H22ClNO3/c1-18-10-13-14(17)3-2-4-15(13)21-12-5-7-20-16(9-12)6-8-19-11-16/h2-4,12,18H,5-11H2,1H3. The third-order valence-corrected chi connectivity index (χ3v) is 4.59. The Morgan fingerprint density at radius 2 is 2.33 bits per heavy atom. The van der Waals surface area contributed by atoms with E-state index in [1.54, 1.807) is 0 Å². The molecule has 2 aliphatic heterocycles. The van der Waals surface area contributed by atoms with Crippen LogP contribution in [-0.4, -0.2) is 38.6 Å². The molecule has 2 saturated heterocycles. The average Bonchev–Trinajstić information content (AvgIpc) is 2.91. The van der Waals surface area contributed by atoms with Crippen LogP contribution in [0.15, 0.2) is 18.2 Å². The van der Waals surface area contributed by atoms with Gasteiger partial charge in [-0.3, -0.25) is 0 Å². The van der Waals surface area contributed by atoms with Crippen LogP contribution in [0.3, 0.4) is 0 Å². The highest BCUT2D eigenvalue weighted by Crippen LogP contribution is 2.36. The molecule has 2 heterocycles. The van der Waals surface area contributed by atoms with E-state index < -0.39 is 0 Å². The van der Waals surface area contributed by atoms with E-state index in [0.29, 0.717) is 13.2 Å². The largest absolute Gasteiger partial charge is 0.490 e. The molecule has 1 aromatic carbocycles. The minimum absolute atomic E-state index is 0.134. The van der Waals surface area contributed by atoms with Crippen molar-refractivity contribution < 1.29 is 14.2 Å². The lowest BCUT2D eigenvalue weighted by Crippen LogP contribution is -2.44. The van der Waals surface area contributed by atoms with E-state index in [0.717, 1.165) is 48.8 Å². The lowest BCUT2D eigenvalue weighted by Gasteiger charge is -2.37. The Balaban J connectivity index is 1.72. The lowest BCUT2D eigenvalue weighted by atomic mass is 9.91. The first-order valence-electron chi connectivity index (χ1n) is 7.53. The van der Waals surface area contributed by atoms with Gasteiger partial charge in [-0.1, -0.05) is 17.7 Å². The fourth-order valence-corrected chi connectivity index (χ4v) is 3.36. The van der Waals surface area contributed by atoms with Gasteiger partial charge in [0.15, 0.2) is 0 Å². The van der Waals surface area contributed by atoms with Crippen LogP contribution in [0.25, 0.3) is 0 Å². The van der Waals surface area contributed by atoms with E-state index in [1.807, 2.05) is 25.2 Å². The topological polar surface area (TPSA) is 39.7 Å². The lowest BCUT2D eigenvalue weighted by molar-refractivity contribution is -0.112. The zero-order valence-corrected chi connectivity index (χ0v) is 13.1. The van der Waals surface area contributed by atoms with E-state index in [-0.39, 0.29) is 11.7 Å². The van der Waals surface area contributed by atoms with Crippen LogP contribution in [0, 0.1) is 0 Å². The normalized spacial score (nSPS) is 29.0. The van der Waals surface area contributed by atoms with Gasteiger partial charge < -0.3 is 19.5 Å². The molecular formula is C16H22ClNO3. The minimum Gasteiger partial charge on any atom is -0.490 e. The van der Waals surface area contributed by atoms with Crippen LogP contribution < -0.4 is 10.1 Å². The Bertz CT molecular complexity index is 488. The SMILES string of the molecule is CNCc1c(Cl)cccc1OC1CCOC2(CCOC2)C1. The smallest absolute Gasteiger partial charge is 0.125 e. The monoisotopic (exact) mass is 311 g/mol.